The molecule has 11 heavy (non-hydrogen) atoms. The minimum Gasteiger partial charge on any atom is -0.499 e. The summed E-state index contributed by atoms with van der Waals surface area (Å²) in [5, 5.41) is 11.6. The maximum Gasteiger partial charge on any atom is 0.173 e. The third-order valence-electron chi connectivity index (χ3n) is 1.06. The number of rotatable bonds is 2. The normalized spacial score (nSPS) is 10.5. The van der Waals surface area contributed by atoms with Crippen molar-refractivity contribution in [3.63, 3.8) is 0 Å². The van der Waals surface area contributed by atoms with Gasteiger partial charge < -0.3 is 10.8 Å². The van der Waals surface area contributed by atoms with Crippen molar-refractivity contribution in [3.8, 4) is 5.06 Å². The second-order valence-electron chi connectivity index (χ2n) is 1.83. The topological polar surface area (TPSA) is 75.7 Å². The van der Waals surface area contributed by atoms with Crippen LogP contribution in [0.1, 0.15) is 4.88 Å². The minimum absolute atomic E-state index is 0.132. The van der Waals surface area contributed by atoms with Crippen molar-refractivity contribution in [1.82, 2.24) is 0 Å². The molecule has 1 heterocycles. The van der Waals surface area contributed by atoms with E-state index >= 15 is 0 Å². The lowest BCUT2D eigenvalue weighted by atomic mass is 10.4. The quantitative estimate of drug-likeness (QED) is 0.664. The van der Waals surface area contributed by atoms with Crippen molar-refractivity contribution in [2.45, 2.75) is 0 Å². The van der Waals surface area contributed by atoms with Crippen LogP contribution in [0.2, 0.25) is 0 Å². The van der Waals surface area contributed by atoms with E-state index in [-0.39, 0.29) is 5.06 Å². The molecule has 0 amide bonds. The van der Waals surface area contributed by atoms with Gasteiger partial charge in [0.15, 0.2) is 5.06 Å². The minimum atomic E-state index is 0.132. The molecule has 4 nitrogen and oxygen atoms in total. The van der Waals surface area contributed by atoms with Gasteiger partial charge in [0.1, 0.15) is 0 Å². The summed E-state index contributed by atoms with van der Waals surface area (Å²) in [7, 11) is 0. The molecule has 1 aromatic rings. The van der Waals surface area contributed by atoms with E-state index in [1.54, 1.807) is 0 Å². The van der Waals surface area contributed by atoms with Crippen LogP contribution in [0.15, 0.2) is 17.4 Å². The van der Waals surface area contributed by atoms with Crippen LogP contribution in [0.5, 0.6) is 5.06 Å². The lowest BCUT2D eigenvalue weighted by Crippen LogP contribution is -1.80. The Bertz CT molecular complexity index is 293. The zero-order valence-electron chi connectivity index (χ0n) is 5.52. The number of nitrogens with zero attached hydrogens (tertiary/aromatic N) is 1. The molecule has 0 aliphatic rings. The summed E-state index contributed by atoms with van der Waals surface area (Å²) in [5.41, 5.74) is 5.89. The van der Waals surface area contributed by atoms with Crippen molar-refractivity contribution >= 4 is 23.1 Å². The molecule has 0 saturated carbocycles. The summed E-state index contributed by atoms with van der Waals surface area (Å²) in [4.78, 5) is 10.3. The highest BCUT2D eigenvalue weighted by Gasteiger charge is 2.00. The molecule has 0 spiro atoms. The van der Waals surface area contributed by atoms with E-state index in [0.717, 1.165) is 17.5 Å². The number of anilines is 1. The fraction of sp³-hybridized carbons (Fsp3) is 0. The predicted molar refractivity (Wildman–Crippen MR) is 45.2 cm³/mol. The van der Waals surface area contributed by atoms with Gasteiger partial charge in [0.2, 0.25) is 0 Å². The van der Waals surface area contributed by atoms with E-state index in [1.165, 1.54) is 12.1 Å². The van der Waals surface area contributed by atoms with Crippen LogP contribution in [-0.2, 0) is 0 Å². The Kier molecular flexibility index (Phi) is 2.22. The molecule has 0 bridgehead atoms. The van der Waals surface area contributed by atoms with Gasteiger partial charge in [0.05, 0.1) is 16.8 Å². The Balaban J connectivity index is 2.93. The summed E-state index contributed by atoms with van der Waals surface area (Å²) in [5.74, 6) is 0. The average Bonchev–Trinajstić information content (AvgIpc) is 2.26. The van der Waals surface area contributed by atoms with E-state index in [2.05, 4.69) is 5.18 Å². The largest absolute Gasteiger partial charge is 0.499 e. The third-order valence-corrected chi connectivity index (χ3v) is 1.98. The molecule has 0 saturated heterocycles. The molecule has 3 N–H and O–H groups in total. The maximum absolute atomic E-state index is 9.66. The monoisotopic (exact) mass is 170 g/mol. The molecule has 0 radical (unpaired) electrons. The first-order valence-electron chi connectivity index (χ1n) is 2.81. The number of thiophene rings is 1. The Morgan fingerprint density at radius 1 is 1.73 bits per heavy atom. The fourth-order valence-corrected chi connectivity index (χ4v) is 1.35. The number of hydrogen-bond acceptors (Lipinski definition) is 5. The van der Waals surface area contributed by atoms with Crippen LogP contribution >= 0.6 is 11.3 Å². The number of aromatic hydroxyl groups is 1. The van der Waals surface area contributed by atoms with Gasteiger partial charge >= 0.3 is 0 Å². The van der Waals surface area contributed by atoms with Crippen LogP contribution in [-0.4, -0.2) is 5.11 Å². The van der Waals surface area contributed by atoms with E-state index in [1.807, 2.05) is 0 Å². The Labute approximate surface area is 66.9 Å². The second kappa shape index (κ2) is 3.16. The molecular formula is C6H6N2O2S. The average molecular weight is 170 g/mol. The Morgan fingerprint density at radius 2 is 2.45 bits per heavy atom. The highest BCUT2D eigenvalue weighted by molar-refractivity contribution is 7.15. The molecule has 0 aromatic carbocycles. The smallest absolute Gasteiger partial charge is 0.173 e. The van der Waals surface area contributed by atoms with Gasteiger partial charge in [-0.15, -0.1) is 4.91 Å². The first-order chi connectivity index (χ1) is 5.24. The predicted octanol–water partition coefficient (Wildman–Crippen LogP) is 1.77. The van der Waals surface area contributed by atoms with Crippen LogP contribution in [0.3, 0.4) is 0 Å². The highest BCUT2D eigenvalue weighted by Crippen LogP contribution is 2.30. The molecular weight excluding hydrogens is 164 g/mol. The molecule has 0 fully saturated rings. The van der Waals surface area contributed by atoms with E-state index in [0.29, 0.717) is 10.6 Å². The van der Waals surface area contributed by atoms with E-state index < -0.39 is 0 Å². The van der Waals surface area contributed by atoms with Gasteiger partial charge in [-0.2, -0.15) is 0 Å². The van der Waals surface area contributed by atoms with Gasteiger partial charge in [-0.25, -0.2) is 0 Å². The zero-order valence-corrected chi connectivity index (χ0v) is 6.34. The van der Waals surface area contributed by atoms with Gasteiger partial charge in [0, 0.05) is 6.07 Å². The van der Waals surface area contributed by atoms with Crippen molar-refractivity contribution < 1.29 is 5.11 Å². The first kappa shape index (κ1) is 7.74. The number of nitroso groups, excluding NO2 is 1. The van der Waals surface area contributed by atoms with Crippen LogP contribution in [0.4, 0.5) is 5.69 Å². The van der Waals surface area contributed by atoms with Gasteiger partial charge in [-0.1, -0.05) is 11.3 Å². The number of hydrogen-bond donors (Lipinski definition) is 2. The van der Waals surface area contributed by atoms with E-state index in [4.69, 9.17) is 10.8 Å². The summed E-state index contributed by atoms with van der Waals surface area (Å²) >= 11 is 1.10. The SMILES string of the molecule is Nc1cc(O)sc1/C=C/N=O. The molecule has 1 rings (SSSR count). The van der Waals surface area contributed by atoms with Gasteiger partial charge in [-0.05, 0) is 11.3 Å². The fourth-order valence-electron chi connectivity index (χ4n) is 0.634. The number of nitrogens with two attached hydrogens (primary N) is 1. The van der Waals surface area contributed by atoms with Crippen LogP contribution < -0.4 is 5.73 Å². The molecule has 58 valence electrons. The van der Waals surface area contributed by atoms with E-state index in [9.17, 15) is 4.91 Å². The summed E-state index contributed by atoms with van der Waals surface area (Å²) in [6.45, 7) is 0. The van der Waals surface area contributed by atoms with Crippen molar-refractivity contribution in [1.29, 1.82) is 0 Å². The third kappa shape index (κ3) is 1.78. The van der Waals surface area contributed by atoms with Gasteiger partial charge in [-0.3, -0.25) is 0 Å². The molecule has 0 unspecified atom stereocenters. The van der Waals surface area contributed by atoms with Crippen LogP contribution in [0, 0.1) is 4.91 Å². The van der Waals surface area contributed by atoms with Crippen molar-refractivity contribution in [3.05, 3.63) is 22.1 Å². The molecule has 0 atom stereocenters. The Hall–Kier alpha value is -1.36. The van der Waals surface area contributed by atoms with Crippen LogP contribution in [0.25, 0.3) is 6.08 Å². The molecule has 0 aliphatic carbocycles. The summed E-state index contributed by atoms with van der Waals surface area (Å²) < 4.78 is 0. The molecule has 1 aromatic heterocycles. The number of nitrogen functional groups attached to an aromatic ring is 1. The van der Waals surface area contributed by atoms with Crippen molar-refractivity contribution in [2.75, 3.05) is 5.73 Å². The summed E-state index contributed by atoms with van der Waals surface area (Å²) in [6.07, 6.45) is 2.54. The lowest BCUT2D eigenvalue weighted by molar-refractivity contribution is 0.491. The standard InChI is InChI=1S/C6H6N2O2S/c7-4-3-6(9)11-5(4)1-2-8-10/h1-3,9H,7H2/b2-1+. The van der Waals surface area contributed by atoms with Crippen molar-refractivity contribution in [2.24, 2.45) is 5.18 Å². The molecule has 0 aliphatic heterocycles. The second-order valence-corrected chi connectivity index (χ2v) is 2.89. The first-order valence-corrected chi connectivity index (χ1v) is 3.63. The van der Waals surface area contributed by atoms with Gasteiger partial charge in [0.25, 0.3) is 0 Å². The molecule has 5 heteroatoms. The highest BCUT2D eigenvalue weighted by atomic mass is 32.1. The zero-order chi connectivity index (χ0) is 8.27. The lowest BCUT2D eigenvalue weighted by Gasteiger charge is -1.84. The Morgan fingerprint density at radius 3 is 2.91 bits per heavy atom. The maximum atomic E-state index is 9.66. The summed E-state index contributed by atoms with van der Waals surface area (Å²) in [6, 6.07) is 1.43.